The molecule has 0 fully saturated rings. The van der Waals surface area contributed by atoms with Crippen molar-refractivity contribution < 1.29 is 9.47 Å². The molecular weight excluding hydrogens is 441 g/mol. The molecule has 4 rings (SSSR count). The van der Waals surface area contributed by atoms with Crippen LogP contribution in [0.25, 0.3) is 10.9 Å². The van der Waals surface area contributed by atoms with Gasteiger partial charge in [0.2, 0.25) is 0 Å². The summed E-state index contributed by atoms with van der Waals surface area (Å²) in [6, 6.07) is 19.7. The lowest BCUT2D eigenvalue weighted by Gasteiger charge is -2.13. The maximum atomic E-state index is 6.52. The zero-order chi connectivity index (χ0) is 20.2. The highest BCUT2D eigenvalue weighted by atomic mass is 35.5. The zero-order valence-electron chi connectivity index (χ0n) is 16.3. The van der Waals surface area contributed by atoms with Gasteiger partial charge in [0.1, 0.15) is 12.1 Å². The van der Waals surface area contributed by atoms with Gasteiger partial charge in [-0.15, -0.1) is 12.4 Å². The molecule has 1 aromatic heterocycles. The number of hydrogen-bond acceptors (Lipinski definition) is 6. The van der Waals surface area contributed by atoms with Gasteiger partial charge >= 0.3 is 0 Å². The summed E-state index contributed by atoms with van der Waals surface area (Å²) in [7, 11) is 3.20. The van der Waals surface area contributed by atoms with Gasteiger partial charge in [0.05, 0.1) is 24.8 Å². The Kier molecular flexibility index (Phi) is 7.26. The molecular formula is C22H19Cl2N3O2S. The van der Waals surface area contributed by atoms with Crippen molar-refractivity contribution >= 4 is 58.2 Å². The summed E-state index contributed by atoms with van der Waals surface area (Å²) in [5, 5.41) is 4.82. The van der Waals surface area contributed by atoms with Crippen LogP contribution in [0, 0.1) is 0 Å². The van der Waals surface area contributed by atoms with Crippen LogP contribution < -0.4 is 14.8 Å². The Bertz CT molecular complexity index is 1160. The number of nitrogens with zero attached hydrogens (tertiary/aromatic N) is 2. The maximum absolute atomic E-state index is 6.52. The third-order valence-electron chi connectivity index (χ3n) is 4.31. The van der Waals surface area contributed by atoms with Crippen LogP contribution in [0.1, 0.15) is 0 Å². The second-order valence-electron chi connectivity index (χ2n) is 6.13. The van der Waals surface area contributed by atoms with Gasteiger partial charge in [0.15, 0.2) is 11.5 Å². The summed E-state index contributed by atoms with van der Waals surface area (Å²) in [4.78, 5) is 10.8. The van der Waals surface area contributed by atoms with Crippen LogP contribution in [0.3, 0.4) is 0 Å². The van der Waals surface area contributed by atoms with E-state index in [2.05, 4.69) is 27.4 Å². The highest BCUT2D eigenvalue weighted by Crippen LogP contribution is 2.37. The number of rotatable bonds is 6. The van der Waals surface area contributed by atoms with E-state index < -0.39 is 0 Å². The van der Waals surface area contributed by atoms with Crippen molar-refractivity contribution in [1.82, 2.24) is 9.97 Å². The van der Waals surface area contributed by atoms with Crippen molar-refractivity contribution in [2.24, 2.45) is 0 Å². The van der Waals surface area contributed by atoms with Crippen LogP contribution in [0.5, 0.6) is 11.5 Å². The van der Waals surface area contributed by atoms with E-state index in [0.717, 1.165) is 26.4 Å². The Labute approximate surface area is 190 Å². The van der Waals surface area contributed by atoms with Crippen molar-refractivity contribution in [3.63, 3.8) is 0 Å². The molecule has 4 aromatic rings. The lowest BCUT2D eigenvalue weighted by Crippen LogP contribution is -1.98. The molecule has 0 amide bonds. The minimum absolute atomic E-state index is 0. The molecule has 0 radical (unpaired) electrons. The molecule has 0 aliphatic carbocycles. The van der Waals surface area contributed by atoms with Gasteiger partial charge < -0.3 is 14.8 Å². The molecule has 30 heavy (non-hydrogen) atoms. The lowest BCUT2D eigenvalue weighted by molar-refractivity contribution is 0.356. The van der Waals surface area contributed by atoms with E-state index in [1.165, 1.54) is 6.33 Å². The second kappa shape index (κ2) is 9.89. The third kappa shape index (κ3) is 4.73. The molecule has 0 unspecified atom stereocenters. The highest BCUT2D eigenvalue weighted by Gasteiger charge is 2.12. The van der Waals surface area contributed by atoms with E-state index in [1.54, 1.807) is 26.0 Å². The Morgan fingerprint density at radius 1 is 0.900 bits per heavy atom. The molecule has 3 aromatic carbocycles. The second-order valence-corrected chi connectivity index (χ2v) is 7.65. The molecule has 8 heteroatoms. The van der Waals surface area contributed by atoms with Crippen LogP contribution >= 0.6 is 35.8 Å². The fraction of sp³-hybridized carbons (Fsp3) is 0.0909. The van der Waals surface area contributed by atoms with Gasteiger partial charge in [-0.1, -0.05) is 41.6 Å². The number of ether oxygens (including phenoxy) is 2. The summed E-state index contributed by atoms with van der Waals surface area (Å²) >= 11 is 8.15. The number of halogens is 2. The summed E-state index contributed by atoms with van der Waals surface area (Å²) in [5.41, 5.74) is 1.59. The molecule has 5 nitrogen and oxygen atoms in total. The first kappa shape index (κ1) is 22.0. The predicted octanol–water partition coefficient (Wildman–Crippen LogP) is 6.62. The first-order valence-corrected chi connectivity index (χ1v) is 10.0. The summed E-state index contributed by atoms with van der Waals surface area (Å²) < 4.78 is 10.8. The molecule has 0 atom stereocenters. The van der Waals surface area contributed by atoms with Crippen LogP contribution in [0.2, 0.25) is 5.02 Å². The minimum atomic E-state index is 0. The number of nitrogens with one attached hydrogen (secondary N) is 1. The number of fused-ring (bicyclic) bond motifs is 1. The molecule has 0 bridgehead atoms. The third-order valence-corrected chi connectivity index (χ3v) is 5.81. The summed E-state index contributed by atoms with van der Waals surface area (Å²) in [6.07, 6.45) is 1.51. The largest absolute Gasteiger partial charge is 0.493 e. The van der Waals surface area contributed by atoms with Crippen LogP contribution in [-0.2, 0) is 0 Å². The number of aromatic nitrogens is 2. The minimum Gasteiger partial charge on any atom is -0.493 e. The van der Waals surface area contributed by atoms with Crippen molar-refractivity contribution in [3.8, 4) is 11.5 Å². The van der Waals surface area contributed by atoms with E-state index in [0.29, 0.717) is 22.3 Å². The number of hydrogen-bond donors (Lipinski definition) is 1. The molecule has 0 aliphatic heterocycles. The average molecular weight is 460 g/mol. The number of benzene rings is 3. The summed E-state index contributed by atoms with van der Waals surface area (Å²) in [5.74, 6) is 1.90. The van der Waals surface area contributed by atoms with Gasteiger partial charge in [-0.25, -0.2) is 9.97 Å². The van der Waals surface area contributed by atoms with Gasteiger partial charge in [0, 0.05) is 26.9 Å². The first-order valence-electron chi connectivity index (χ1n) is 8.84. The van der Waals surface area contributed by atoms with Gasteiger partial charge in [-0.05, 0) is 36.4 Å². The normalized spacial score (nSPS) is 10.4. The van der Waals surface area contributed by atoms with Crippen LogP contribution in [0.15, 0.2) is 76.8 Å². The topological polar surface area (TPSA) is 56.3 Å². The predicted molar refractivity (Wildman–Crippen MR) is 125 cm³/mol. The zero-order valence-corrected chi connectivity index (χ0v) is 18.6. The number of anilines is 2. The highest BCUT2D eigenvalue weighted by molar-refractivity contribution is 7.99. The molecule has 0 spiro atoms. The Hall–Kier alpha value is -2.67. The first-order chi connectivity index (χ1) is 14.2. The molecule has 154 valence electrons. The molecule has 1 N–H and O–H groups in total. The van der Waals surface area contributed by atoms with E-state index in [9.17, 15) is 0 Å². The quantitative estimate of drug-likeness (QED) is 0.349. The van der Waals surface area contributed by atoms with Crippen molar-refractivity contribution in [2.75, 3.05) is 19.5 Å². The maximum Gasteiger partial charge on any atom is 0.162 e. The molecule has 0 saturated carbocycles. The van der Waals surface area contributed by atoms with Crippen LogP contribution in [0.4, 0.5) is 11.5 Å². The monoisotopic (exact) mass is 459 g/mol. The fourth-order valence-electron chi connectivity index (χ4n) is 2.90. The van der Waals surface area contributed by atoms with Gasteiger partial charge in [0.25, 0.3) is 0 Å². The van der Waals surface area contributed by atoms with E-state index >= 15 is 0 Å². The fourth-order valence-corrected chi connectivity index (χ4v) is 4.03. The van der Waals surface area contributed by atoms with Gasteiger partial charge in [-0.2, -0.15) is 0 Å². The SMILES string of the molecule is COc1cc2ncnc(Nc3ccc(Sc4ccccc4)c(Cl)c3)c2cc1OC.Cl. The van der Waals surface area contributed by atoms with Crippen molar-refractivity contribution in [2.45, 2.75) is 9.79 Å². The van der Waals surface area contributed by atoms with Crippen molar-refractivity contribution in [3.05, 3.63) is 72.0 Å². The number of methoxy groups -OCH3 is 2. The smallest absolute Gasteiger partial charge is 0.162 e. The molecule has 0 aliphatic rings. The summed E-state index contributed by atoms with van der Waals surface area (Å²) in [6.45, 7) is 0. The van der Waals surface area contributed by atoms with E-state index in [-0.39, 0.29) is 12.4 Å². The van der Waals surface area contributed by atoms with Gasteiger partial charge in [-0.3, -0.25) is 0 Å². The lowest BCUT2D eigenvalue weighted by atomic mass is 10.2. The van der Waals surface area contributed by atoms with Crippen molar-refractivity contribution in [1.29, 1.82) is 0 Å². The Morgan fingerprint density at radius 3 is 2.33 bits per heavy atom. The molecule has 0 saturated heterocycles. The molecule has 1 heterocycles. The standard InChI is InChI=1S/C22H18ClN3O2S.ClH/c1-27-19-11-16-18(12-20(19)28-2)24-13-25-22(16)26-14-8-9-21(17(23)10-14)29-15-6-4-3-5-7-15;/h3-13H,1-2H3,(H,24,25,26);1H. The van der Waals surface area contributed by atoms with Crippen LogP contribution in [-0.4, -0.2) is 24.2 Å². The average Bonchev–Trinajstić information content (AvgIpc) is 2.75. The Balaban J connectivity index is 0.00000256. The van der Waals surface area contributed by atoms with E-state index in [4.69, 9.17) is 21.1 Å². The Morgan fingerprint density at radius 2 is 1.63 bits per heavy atom. The van der Waals surface area contributed by atoms with E-state index in [1.807, 2.05) is 48.5 Å².